The zero-order valence-electron chi connectivity index (χ0n) is 17.3. The zero-order chi connectivity index (χ0) is 21.8. The third-order valence-electron chi connectivity index (χ3n) is 5.24. The normalized spacial score (nSPS) is 14.7. The first-order valence-electron chi connectivity index (χ1n) is 10.1. The van der Waals surface area contributed by atoms with E-state index in [1.165, 1.54) is 18.3 Å². The van der Waals surface area contributed by atoms with E-state index in [1.54, 1.807) is 22.1 Å². The number of rotatable bonds is 6. The van der Waals surface area contributed by atoms with Gasteiger partial charge in [-0.1, -0.05) is 60.7 Å². The van der Waals surface area contributed by atoms with Crippen LogP contribution in [-0.4, -0.2) is 28.2 Å². The van der Waals surface area contributed by atoms with Crippen LogP contribution in [0.3, 0.4) is 0 Å². The molecule has 0 N–H and O–H groups in total. The largest absolute Gasteiger partial charge is 0.311 e. The van der Waals surface area contributed by atoms with Crippen LogP contribution in [0.25, 0.3) is 17.3 Å². The topological polar surface area (TPSA) is 53.5 Å². The molecular weight excluding hydrogens is 406 g/mol. The summed E-state index contributed by atoms with van der Waals surface area (Å²) in [5.41, 5.74) is 3.83. The van der Waals surface area contributed by atoms with Gasteiger partial charge in [0.2, 0.25) is 11.8 Å². The monoisotopic (exact) mass is 429 g/mol. The molecule has 1 aliphatic rings. The lowest BCUT2D eigenvalue weighted by atomic mass is 9.93. The maximum Gasteiger partial charge on any atom is 0.231 e. The van der Waals surface area contributed by atoms with Crippen molar-refractivity contribution in [3.63, 3.8) is 0 Å². The fourth-order valence-electron chi connectivity index (χ4n) is 3.73. The van der Waals surface area contributed by atoms with Gasteiger partial charge in [-0.3, -0.25) is 14.5 Å². The van der Waals surface area contributed by atoms with E-state index in [9.17, 15) is 9.59 Å². The summed E-state index contributed by atoms with van der Waals surface area (Å²) in [6.45, 7) is 5.68. The minimum atomic E-state index is -0.355. The molecule has 2 aromatic carbocycles. The van der Waals surface area contributed by atoms with Crippen LogP contribution < -0.4 is 4.90 Å². The summed E-state index contributed by atoms with van der Waals surface area (Å²) >= 11 is 1.43. The van der Waals surface area contributed by atoms with Gasteiger partial charge in [0.05, 0.1) is 18.2 Å². The second kappa shape index (κ2) is 9.10. The molecule has 1 aromatic heterocycles. The number of benzene rings is 2. The van der Waals surface area contributed by atoms with E-state index in [0.29, 0.717) is 11.7 Å². The van der Waals surface area contributed by atoms with Gasteiger partial charge in [-0.05, 0) is 17.2 Å². The van der Waals surface area contributed by atoms with Crippen LogP contribution in [0.15, 0.2) is 78.8 Å². The number of carbonyl (C=O) groups is 2. The number of anilines is 1. The van der Waals surface area contributed by atoms with E-state index >= 15 is 0 Å². The van der Waals surface area contributed by atoms with Crippen molar-refractivity contribution in [2.75, 3.05) is 11.4 Å². The average molecular weight is 430 g/mol. The fourth-order valence-corrected chi connectivity index (χ4v) is 4.59. The lowest BCUT2D eigenvalue weighted by Crippen LogP contribution is -2.37. The van der Waals surface area contributed by atoms with Gasteiger partial charge in [-0.2, -0.15) is 0 Å². The van der Waals surface area contributed by atoms with Crippen molar-refractivity contribution < 1.29 is 9.59 Å². The van der Waals surface area contributed by atoms with E-state index in [4.69, 9.17) is 4.98 Å². The highest BCUT2D eigenvalue weighted by Crippen LogP contribution is 2.34. The molecule has 0 spiro atoms. The summed E-state index contributed by atoms with van der Waals surface area (Å²) in [5.74, 6) is -0.199. The van der Waals surface area contributed by atoms with Gasteiger partial charge in [0.25, 0.3) is 0 Å². The molecule has 4 rings (SSSR count). The number of hydrogen-bond acceptors (Lipinski definition) is 4. The molecule has 0 fully saturated rings. The first kappa shape index (κ1) is 20.8. The molecule has 5 nitrogen and oxygen atoms in total. The van der Waals surface area contributed by atoms with Crippen LogP contribution in [-0.2, 0) is 9.59 Å². The molecule has 0 saturated heterocycles. The molecule has 2 heterocycles. The molecule has 156 valence electrons. The van der Waals surface area contributed by atoms with Crippen LogP contribution in [0.2, 0.25) is 0 Å². The molecule has 0 radical (unpaired) electrons. The summed E-state index contributed by atoms with van der Waals surface area (Å²) < 4.78 is 0. The molecule has 1 unspecified atom stereocenters. The van der Waals surface area contributed by atoms with Crippen LogP contribution in [0, 0.1) is 0 Å². The van der Waals surface area contributed by atoms with Crippen molar-refractivity contribution >= 4 is 34.4 Å². The van der Waals surface area contributed by atoms with Gasteiger partial charge in [-0.15, -0.1) is 17.9 Å². The molecule has 31 heavy (non-hydrogen) atoms. The SMILES string of the molecule is C=CCN(C(=O)CC1c2ccccc2C=CN1C(C)=O)c1nc(-c2ccccc2)cs1. The summed E-state index contributed by atoms with van der Waals surface area (Å²) in [5, 5.41) is 2.58. The lowest BCUT2D eigenvalue weighted by molar-refractivity contribution is -0.129. The molecular formula is C25H23N3O2S. The van der Waals surface area contributed by atoms with Crippen molar-refractivity contribution in [3.8, 4) is 11.3 Å². The second-order valence-corrected chi connectivity index (χ2v) is 8.10. The average Bonchev–Trinajstić information content (AvgIpc) is 3.28. The number of nitrogens with zero attached hydrogens (tertiary/aromatic N) is 3. The van der Waals surface area contributed by atoms with Crippen molar-refractivity contribution in [3.05, 3.63) is 90.0 Å². The number of amides is 2. The third kappa shape index (κ3) is 4.34. The highest BCUT2D eigenvalue weighted by atomic mass is 32.1. The third-order valence-corrected chi connectivity index (χ3v) is 6.11. The molecule has 0 aliphatic carbocycles. The summed E-state index contributed by atoms with van der Waals surface area (Å²) in [7, 11) is 0. The Hall–Kier alpha value is -3.51. The van der Waals surface area contributed by atoms with Gasteiger partial charge in [0.15, 0.2) is 5.13 Å². The van der Waals surface area contributed by atoms with Crippen molar-refractivity contribution in [2.24, 2.45) is 0 Å². The maximum absolute atomic E-state index is 13.4. The number of aromatic nitrogens is 1. The first-order valence-corrected chi connectivity index (χ1v) is 10.9. The predicted octanol–water partition coefficient (Wildman–Crippen LogP) is 5.29. The number of hydrogen-bond donors (Lipinski definition) is 0. The second-order valence-electron chi connectivity index (χ2n) is 7.27. The minimum absolute atomic E-state index is 0.0977. The summed E-state index contributed by atoms with van der Waals surface area (Å²) in [6.07, 6.45) is 5.53. The van der Waals surface area contributed by atoms with Gasteiger partial charge >= 0.3 is 0 Å². The Kier molecular flexibility index (Phi) is 6.09. The smallest absolute Gasteiger partial charge is 0.231 e. The van der Waals surface area contributed by atoms with Crippen LogP contribution >= 0.6 is 11.3 Å². The first-order chi connectivity index (χ1) is 15.1. The van der Waals surface area contributed by atoms with Crippen molar-refractivity contribution in [1.82, 2.24) is 9.88 Å². The van der Waals surface area contributed by atoms with Crippen LogP contribution in [0.5, 0.6) is 0 Å². The number of thiazole rings is 1. The van der Waals surface area contributed by atoms with Gasteiger partial charge in [0.1, 0.15) is 0 Å². The quantitative estimate of drug-likeness (QED) is 0.500. The Labute approximate surface area is 186 Å². The Morgan fingerprint density at radius 1 is 1.16 bits per heavy atom. The highest BCUT2D eigenvalue weighted by molar-refractivity contribution is 7.14. The van der Waals surface area contributed by atoms with E-state index in [0.717, 1.165) is 22.4 Å². The van der Waals surface area contributed by atoms with Crippen molar-refractivity contribution in [1.29, 1.82) is 0 Å². The fraction of sp³-hybridized carbons (Fsp3) is 0.160. The molecule has 3 aromatic rings. The standard InChI is InChI=1S/C25H23N3O2S/c1-3-14-28(25-26-22(17-31-25)20-10-5-4-6-11-20)24(30)16-23-21-12-8-7-9-19(21)13-15-27(23)18(2)29/h3-13,15,17,23H,1,14,16H2,2H3. The Bertz CT molecular complexity index is 1140. The van der Waals surface area contributed by atoms with Crippen molar-refractivity contribution in [2.45, 2.75) is 19.4 Å². The predicted molar refractivity (Wildman–Crippen MR) is 125 cm³/mol. The summed E-state index contributed by atoms with van der Waals surface area (Å²) in [4.78, 5) is 33.6. The van der Waals surface area contributed by atoms with E-state index < -0.39 is 0 Å². The van der Waals surface area contributed by atoms with Gasteiger partial charge in [0, 0.05) is 30.6 Å². The molecule has 0 bridgehead atoms. The lowest BCUT2D eigenvalue weighted by Gasteiger charge is -2.33. The van der Waals surface area contributed by atoms with Crippen LogP contribution in [0.1, 0.15) is 30.5 Å². The van der Waals surface area contributed by atoms with Crippen LogP contribution in [0.4, 0.5) is 5.13 Å². The Morgan fingerprint density at radius 2 is 1.90 bits per heavy atom. The molecule has 1 aliphatic heterocycles. The Morgan fingerprint density at radius 3 is 2.65 bits per heavy atom. The molecule has 2 amide bonds. The number of fused-ring (bicyclic) bond motifs is 1. The summed E-state index contributed by atoms with van der Waals surface area (Å²) in [6, 6.07) is 17.4. The number of carbonyl (C=O) groups excluding carboxylic acids is 2. The maximum atomic E-state index is 13.4. The molecule has 0 saturated carbocycles. The van der Waals surface area contributed by atoms with E-state index in [1.807, 2.05) is 66.1 Å². The zero-order valence-corrected chi connectivity index (χ0v) is 18.1. The highest BCUT2D eigenvalue weighted by Gasteiger charge is 2.30. The molecule has 1 atom stereocenters. The minimum Gasteiger partial charge on any atom is -0.311 e. The Balaban J connectivity index is 1.62. The van der Waals surface area contributed by atoms with E-state index in [2.05, 4.69) is 6.58 Å². The van der Waals surface area contributed by atoms with Gasteiger partial charge in [-0.25, -0.2) is 4.98 Å². The van der Waals surface area contributed by atoms with E-state index in [-0.39, 0.29) is 24.3 Å². The van der Waals surface area contributed by atoms with Gasteiger partial charge < -0.3 is 4.90 Å². The molecule has 6 heteroatoms.